The number of hydrogen-bond acceptors (Lipinski definition) is 5. The van der Waals surface area contributed by atoms with Crippen LogP contribution in [0.2, 0.25) is 0 Å². The Hall–Kier alpha value is -1.67. The molecule has 7 nitrogen and oxygen atoms in total. The third kappa shape index (κ3) is 4.90. The summed E-state index contributed by atoms with van der Waals surface area (Å²) in [6.07, 6.45) is 7.70. The molecule has 8 heteroatoms. The molecule has 0 atom stereocenters. The molecule has 0 saturated carbocycles. The normalized spacial score (nSPS) is 15.3. The topological polar surface area (TPSA) is 101 Å². The highest BCUT2D eigenvalue weighted by Gasteiger charge is 2.24. The summed E-state index contributed by atoms with van der Waals surface area (Å²) < 4.78 is 31.4. The van der Waals surface area contributed by atoms with E-state index in [1.807, 2.05) is 0 Å². The number of amides is 1. The molecule has 0 aliphatic heterocycles. The van der Waals surface area contributed by atoms with Crippen LogP contribution in [0.3, 0.4) is 0 Å². The van der Waals surface area contributed by atoms with E-state index in [1.165, 1.54) is 25.3 Å². The molecule has 0 radical (unpaired) electrons. The van der Waals surface area contributed by atoms with Gasteiger partial charge in [-0.3, -0.25) is 4.79 Å². The lowest BCUT2D eigenvalue weighted by molar-refractivity contribution is -0.119. The van der Waals surface area contributed by atoms with Gasteiger partial charge in [0.05, 0.1) is 6.54 Å². The van der Waals surface area contributed by atoms with Crippen molar-refractivity contribution in [2.24, 2.45) is 0 Å². The highest BCUT2D eigenvalue weighted by atomic mass is 32.2. The van der Waals surface area contributed by atoms with Crippen molar-refractivity contribution >= 4 is 15.9 Å². The molecule has 0 unspecified atom stereocenters. The number of sulfonamides is 1. The minimum absolute atomic E-state index is 0.00217. The van der Waals surface area contributed by atoms with Crippen molar-refractivity contribution in [3.05, 3.63) is 23.1 Å². The first-order chi connectivity index (χ1) is 10.9. The van der Waals surface area contributed by atoms with E-state index in [9.17, 15) is 13.2 Å². The summed E-state index contributed by atoms with van der Waals surface area (Å²) in [6.45, 7) is 3.29. The predicted molar refractivity (Wildman–Crippen MR) is 85.3 cm³/mol. The number of nitrogens with zero attached hydrogens (tertiary/aromatic N) is 1. The molecule has 2 N–H and O–H groups in total. The Balaban J connectivity index is 1.78. The number of hydrogen-bond donors (Lipinski definition) is 2. The van der Waals surface area contributed by atoms with Gasteiger partial charge in [-0.1, -0.05) is 16.8 Å². The van der Waals surface area contributed by atoms with Crippen molar-refractivity contribution in [1.82, 2.24) is 15.2 Å². The average molecular weight is 341 g/mol. The van der Waals surface area contributed by atoms with E-state index in [-0.39, 0.29) is 28.8 Å². The zero-order valence-electron chi connectivity index (χ0n) is 13.5. The molecule has 1 heterocycles. The van der Waals surface area contributed by atoms with Crippen LogP contribution >= 0.6 is 0 Å². The summed E-state index contributed by atoms with van der Waals surface area (Å²) in [5, 5.41) is 6.34. The van der Waals surface area contributed by atoms with Crippen LogP contribution in [-0.2, 0) is 14.8 Å². The Morgan fingerprint density at radius 1 is 1.35 bits per heavy atom. The molecule has 1 aliphatic rings. The minimum Gasteiger partial charge on any atom is -0.360 e. The van der Waals surface area contributed by atoms with E-state index in [0.717, 1.165) is 19.3 Å². The zero-order valence-corrected chi connectivity index (χ0v) is 14.3. The molecule has 0 aromatic carbocycles. The lowest BCUT2D eigenvalue weighted by Crippen LogP contribution is -2.37. The SMILES string of the molecule is Cc1noc(C)c1S(=O)(=O)NCC(=O)NCCC1=CCCCC1. The van der Waals surface area contributed by atoms with Gasteiger partial charge in [0.1, 0.15) is 10.6 Å². The van der Waals surface area contributed by atoms with Gasteiger partial charge in [-0.05, 0) is 46.0 Å². The lowest BCUT2D eigenvalue weighted by atomic mass is 9.97. The van der Waals surface area contributed by atoms with Crippen LogP contribution in [0, 0.1) is 13.8 Å². The molecule has 1 aliphatic carbocycles. The van der Waals surface area contributed by atoms with Gasteiger partial charge >= 0.3 is 0 Å². The van der Waals surface area contributed by atoms with Crippen LogP contribution in [0.15, 0.2) is 21.1 Å². The molecular formula is C15H23N3O4S. The third-order valence-electron chi connectivity index (χ3n) is 3.81. The molecule has 1 aromatic heterocycles. The smallest absolute Gasteiger partial charge is 0.246 e. The fourth-order valence-corrected chi connectivity index (χ4v) is 3.96. The molecule has 0 bridgehead atoms. The third-order valence-corrected chi connectivity index (χ3v) is 5.46. The molecular weight excluding hydrogens is 318 g/mol. The summed E-state index contributed by atoms with van der Waals surface area (Å²) in [4.78, 5) is 11.8. The number of nitrogens with one attached hydrogen (secondary N) is 2. The van der Waals surface area contributed by atoms with Gasteiger partial charge in [0.25, 0.3) is 0 Å². The maximum absolute atomic E-state index is 12.2. The second kappa shape index (κ2) is 7.74. The van der Waals surface area contributed by atoms with E-state index in [1.54, 1.807) is 6.92 Å². The Morgan fingerprint density at radius 3 is 2.74 bits per heavy atom. The predicted octanol–water partition coefficient (Wildman–Crippen LogP) is 1.58. The second-order valence-corrected chi connectivity index (χ2v) is 7.39. The highest BCUT2D eigenvalue weighted by Crippen LogP contribution is 2.19. The van der Waals surface area contributed by atoms with E-state index in [0.29, 0.717) is 6.54 Å². The molecule has 1 aromatic rings. The summed E-state index contributed by atoms with van der Waals surface area (Å²) in [6, 6.07) is 0. The Labute approximate surface area is 136 Å². The number of carbonyl (C=O) groups is 1. The van der Waals surface area contributed by atoms with Crippen molar-refractivity contribution in [2.45, 2.75) is 50.8 Å². The van der Waals surface area contributed by atoms with Crippen molar-refractivity contribution in [3.63, 3.8) is 0 Å². The first-order valence-electron chi connectivity index (χ1n) is 7.77. The van der Waals surface area contributed by atoms with Crippen molar-refractivity contribution in [1.29, 1.82) is 0 Å². The average Bonchev–Trinajstić information content (AvgIpc) is 2.86. The summed E-state index contributed by atoms with van der Waals surface area (Å²) in [5.41, 5.74) is 1.65. The number of rotatable bonds is 7. The minimum atomic E-state index is -3.80. The maximum Gasteiger partial charge on any atom is 0.246 e. The quantitative estimate of drug-likeness (QED) is 0.733. The van der Waals surface area contributed by atoms with Crippen LogP contribution in [0.25, 0.3) is 0 Å². The number of allylic oxidation sites excluding steroid dienone is 1. The monoisotopic (exact) mass is 341 g/mol. The van der Waals surface area contributed by atoms with E-state index >= 15 is 0 Å². The number of aromatic nitrogens is 1. The molecule has 1 amide bonds. The second-order valence-electron chi connectivity index (χ2n) is 5.69. The summed E-state index contributed by atoms with van der Waals surface area (Å²) in [5.74, 6) is -0.142. The van der Waals surface area contributed by atoms with Crippen LogP contribution in [0.5, 0.6) is 0 Å². The Morgan fingerprint density at radius 2 is 2.13 bits per heavy atom. The van der Waals surface area contributed by atoms with Gasteiger partial charge in [-0.15, -0.1) is 0 Å². The highest BCUT2D eigenvalue weighted by molar-refractivity contribution is 7.89. The lowest BCUT2D eigenvalue weighted by Gasteiger charge is -2.13. The summed E-state index contributed by atoms with van der Waals surface area (Å²) >= 11 is 0. The first kappa shape index (κ1) is 17.7. The van der Waals surface area contributed by atoms with E-state index in [2.05, 4.69) is 21.3 Å². The number of carbonyl (C=O) groups excluding carboxylic acids is 1. The first-order valence-corrected chi connectivity index (χ1v) is 9.25. The molecule has 0 fully saturated rings. The van der Waals surface area contributed by atoms with Gasteiger partial charge in [0, 0.05) is 6.54 Å². The fraction of sp³-hybridized carbons (Fsp3) is 0.600. The Bertz CT molecular complexity index is 672. The molecule has 23 heavy (non-hydrogen) atoms. The van der Waals surface area contributed by atoms with Crippen molar-refractivity contribution < 1.29 is 17.7 Å². The largest absolute Gasteiger partial charge is 0.360 e. The molecule has 2 rings (SSSR count). The van der Waals surface area contributed by atoms with Crippen LogP contribution in [0.1, 0.15) is 43.6 Å². The van der Waals surface area contributed by atoms with Gasteiger partial charge in [-0.2, -0.15) is 0 Å². The molecule has 0 saturated heterocycles. The standard InChI is InChI=1S/C15H23N3O4S/c1-11-15(12(2)22-18-11)23(20,21)17-10-14(19)16-9-8-13-6-4-3-5-7-13/h6,17H,3-5,7-10H2,1-2H3,(H,16,19). The fourth-order valence-electron chi connectivity index (χ4n) is 2.65. The van der Waals surface area contributed by atoms with Crippen molar-refractivity contribution in [3.8, 4) is 0 Å². The maximum atomic E-state index is 12.2. The molecule has 0 spiro atoms. The van der Waals surface area contributed by atoms with Gasteiger partial charge in [0.15, 0.2) is 5.76 Å². The van der Waals surface area contributed by atoms with Crippen LogP contribution in [-0.4, -0.2) is 32.6 Å². The Kier molecular flexibility index (Phi) is 5.95. The van der Waals surface area contributed by atoms with Gasteiger partial charge in [0.2, 0.25) is 15.9 Å². The van der Waals surface area contributed by atoms with Crippen molar-refractivity contribution in [2.75, 3.05) is 13.1 Å². The zero-order chi connectivity index (χ0) is 16.9. The van der Waals surface area contributed by atoms with Crippen LogP contribution in [0.4, 0.5) is 0 Å². The summed E-state index contributed by atoms with van der Waals surface area (Å²) in [7, 11) is -3.80. The molecule has 128 valence electrons. The van der Waals surface area contributed by atoms with Gasteiger partial charge in [-0.25, -0.2) is 13.1 Å². The van der Waals surface area contributed by atoms with E-state index < -0.39 is 10.0 Å². The number of aryl methyl sites for hydroxylation is 2. The van der Waals surface area contributed by atoms with E-state index in [4.69, 9.17) is 4.52 Å². The van der Waals surface area contributed by atoms with Crippen LogP contribution < -0.4 is 10.0 Å². The van der Waals surface area contributed by atoms with Gasteiger partial charge < -0.3 is 9.84 Å².